The maximum Gasteiger partial charge on any atom is 0.122 e. The van der Waals surface area contributed by atoms with Crippen molar-refractivity contribution < 1.29 is 17.1 Å². The third kappa shape index (κ3) is 10.8. The largest absolute Gasteiger partial charge is 0.385 e. The van der Waals surface area contributed by atoms with E-state index in [1.54, 1.807) is 0 Å². The van der Waals surface area contributed by atoms with E-state index in [0.717, 1.165) is 11.4 Å². The predicted octanol–water partition coefficient (Wildman–Crippen LogP) is 0.515. The first-order chi connectivity index (χ1) is 2.77. The first-order valence-electron chi connectivity index (χ1n) is 1.55. The standard InChI is InChI=1S/C3H7NS2.Mn/c1-2-6-3(4)5;/h2,6H,1H3,(H2,4,5);. The summed E-state index contributed by atoms with van der Waals surface area (Å²) in [6, 6.07) is 0. The molecule has 0 heterocycles. The minimum absolute atomic E-state index is 0. The number of hydrogen-bond donors (Lipinski definition) is 2. The number of nitrogens with two attached hydrogens (primary N) is 1. The topological polar surface area (TPSA) is 26.0 Å². The Morgan fingerprint density at radius 2 is 2.29 bits per heavy atom. The monoisotopic (exact) mass is 176 g/mol. The minimum atomic E-state index is 0. The first kappa shape index (κ1) is 10.6. The van der Waals surface area contributed by atoms with Crippen LogP contribution in [0.1, 0.15) is 6.92 Å². The fraction of sp³-hybridized carbons (Fsp3) is 0.333. The van der Waals surface area contributed by atoms with Crippen molar-refractivity contribution in [1.82, 2.24) is 0 Å². The molecule has 2 N–H and O–H groups in total. The summed E-state index contributed by atoms with van der Waals surface area (Å²) in [7, 11) is 0. The second-order valence-corrected chi connectivity index (χ2v) is 2.72. The average Bonchev–Trinajstić information content (AvgIpc) is 1.35. The molecule has 1 radical (unpaired) electrons. The van der Waals surface area contributed by atoms with Gasteiger partial charge in [-0.15, -0.1) is 11.4 Å². The second-order valence-electron chi connectivity index (χ2n) is 0.726. The summed E-state index contributed by atoms with van der Waals surface area (Å²) in [5.74, 6) is 0. The zero-order valence-corrected chi connectivity index (χ0v) is 6.78. The van der Waals surface area contributed by atoms with Crippen LogP contribution in [0.4, 0.5) is 0 Å². The molecule has 7 heavy (non-hydrogen) atoms. The van der Waals surface area contributed by atoms with Crippen molar-refractivity contribution in [1.29, 1.82) is 0 Å². The van der Waals surface area contributed by atoms with Crippen LogP contribution >= 0.6 is 23.6 Å². The number of thiol groups is 1. The van der Waals surface area contributed by atoms with Crippen LogP contribution < -0.4 is 5.73 Å². The molecule has 0 fully saturated rings. The van der Waals surface area contributed by atoms with E-state index >= 15 is 0 Å². The minimum Gasteiger partial charge on any atom is -0.385 e. The molecule has 0 unspecified atom stereocenters. The van der Waals surface area contributed by atoms with E-state index in [9.17, 15) is 0 Å². The van der Waals surface area contributed by atoms with Gasteiger partial charge in [-0.1, -0.05) is 17.6 Å². The third-order valence-electron chi connectivity index (χ3n) is 0.256. The van der Waals surface area contributed by atoms with Gasteiger partial charge in [0.2, 0.25) is 0 Å². The van der Waals surface area contributed by atoms with E-state index in [4.69, 9.17) is 5.73 Å². The molecular weight excluding hydrogens is 169 g/mol. The van der Waals surface area contributed by atoms with Crippen LogP contribution in [0.25, 0.3) is 0 Å². The van der Waals surface area contributed by atoms with Crippen molar-refractivity contribution in [3.63, 3.8) is 0 Å². The number of thiocarbonyl (C=S) groups is 1. The molecule has 0 spiro atoms. The Balaban J connectivity index is 0. The third-order valence-corrected chi connectivity index (χ3v) is 1.09. The molecule has 1 nitrogen and oxygen atoms in total. The van der Waals surface area contributed by atoms with Gasteiger partial charge in [0.15, 0.2) is 0 Å². The Morgan fingerprint density at radius 1 is 1.86 bits per heavy atom. The van der Waals surface area contributed by atoms with Crippen molar-refractivity contribution in [3.8, 4) is 0 Å². The smallest absolute Gasteiger partial charge is 0.122 e. The zero-order valence-electron chi connectivity index (χ0n) is 3.89. The SMILES string of the molecule is CC=[SH]C(N)=S.[Mn]. The van der Waals surface area contributed by atoms with E-state index in [0.29, 0.717) is 4.32 Å². The van der Waals surface area contributed by atoms with Crippen LogP contribution in [0.15, 0.2) is 0 Å². The average molecular weight is 176 g/mol. The molecule has 4 heteroatoms. The molecule has 0 atom stereocenters. The van der Waals surface area contributed by atoms with E-state index in [-0.39, 0.29) is 17.1 Å². The van der Waals surface area contributed by atoms with Crippen molar-refractivity contribution in [2.75, 3.05) is 0 Å². The fourth-order valence-corrected chi connectivity index (χ4v) is 0.698. The molecule has 0 aliphatic heterocycles. The van der Waals surface area contributed by atoms with Crippen LogP contribution in [-0.2, 0) is 17.1 Å². The maximum absolute atomic E-state index is 5.09. The van der Waals surface area contributed by atoms with Crippen molar-refractivity contribution >= 4 is 33.3 Å². The van der Waals surface area contributed by atoms with Gasteiger partial charge < -0.3 is 5.73 Å². The summed E-state index contributed by atoms with van der Waals surface area (Å²) in [5.41, 5.74) is 5.09. The molecule has 0 saturated heterocycles. The second kappa shape index (κ2) is 6.63. The Hall–Kier alpha value is 0.629. The normalized spacial score (nSPS) is 9.29. The summed E-state index contributed by atoms with van der Waals surface area (Å²) < 4.78 is 0.539. The van der Waals surface area contributed by atoms with Crippen LogP contribution in [0.3, 0.4) is 0 Å². The van der Waals surface area contributed by atoms with Crippen molar-refractivity contribution in [2.45, 2.75) is 6.92 Å². The Bertz CT molecular complexity index is 81.0. The molecule has 0 bridgehead atoms. The van der Waals surface area contributed by atoms with Gasteiger partial charge in [0.25, 0.3) is 0 Å². The Kier molecular flexibility index (Phi) is 10.0. The summed E-state index contributed by atoms with van der Waals surface area (Å²) in [6.45, 7) is 1.92. The van der Waals surface area contributed by atoms with Crippen molar-refractivity contribution in [2.24, 2.45) is 5.73 Å². The van der Waals surface area contributed by atoms with Crippen LogP contribution in [0.5, 0.6) is 0 Å². The summed E-state index contributed by atoms with van der Waals surface area (Å²) in [4.78, 5) is 0. The molecule has 0 aromatic heterocycles. The quantitative estimate of drug-likeness (QED) is 0.319. The van der Waals surface area contributed by atoms with Gasteiger partial charge in [-0.25, -0.2) is 0 Å². The van der Waals surface area contributed by atoms with Gasteiger partial charge in [-0.05, 0) is 6.92 Å². The summed E-state index contributed by atoms with van der Waals surface area (Å²) >= 11 is 5.49. The van der Waals surface area contributed by atoms with Gasteiger partial charge in [-0.2, -0.15) is 0 Å². The van der Waals surface area contributed by atoms with E-state index in [2.05, 4.69) is 12.2 Å². The molecule has 0 aliphatic rings. The Morgan fingerprint density at radius 3 is 2.29 bits per heavy atom. The summed E-state index contributed by atoms with van der Waals surface area (Å²) in [5, 5.41) is 1.91. The molecular formula is C3H7MnNS2. The molecule has 0 saturated carbocycles. The Labute approximate surface area is 63.1 Å². The maximum atomic E-state index is 5.09. The van der Waals surface area contributed by atoms with Crippen molar-refractivity contribution in [3.05, 3.63) is 0 Å². The first-order valence-corrected chi connectivity index (χ1v) is 2.92. The van der Waals surface area contributed by atoms with Crippen LogP contribution in [-0.4, -0.2) is 9.69 Å². The number of rotatable bonds is 0. The molecule has 0 amide bonds. The van der Waals surface area contributed by atoms with Crippen LogP contribution in [0, 0.1) is 0 Å². The molecule has 0 aliphatic carbocycles. The van der Waals surface area contributed by atoms with Gasteiger partial charge in [0.1, 0.15) is 4.32 Å². The predicted molar refractivity (Wildman–Crippen MR) is 37.5 cm³/mol. The van der Waals surface area contributed by atoms with Gasteiger partial charge >= 0.3 is 0 Å². The molecule has 0 aromatic rings. The van der Waals surface area contributed by atoms with E-state index in [1.807, 2.05) is 12.3 Å². The van der Waals surface area contributed by atoms with Gasteiger partial charge in [-0.3, -0.25) is 0 Å². The van der Waals surface area contributed by atoms with E-state index < -0.39 is 0 Å². The van der Waals surface area contributed by atoms with E-state index in [1.165, 1.54) is 0 Å². The number of hydrogen-bond acceptors (Lipinski definition) is 1. The summed E-state index contributed by atoms with van der Waals surface area (Å²) in [6.07, 6.45) is 0. The fourth-order valence-electron chi connectivity index (χ4n) is 0.127. The molecule has 0 rings (SSSR count). The molecule has 0 aromatic carbocycles. The van der Waals surface area contributed by atoms with Gasteiger partial charge in [0, 0.05) is 17.1 Å². The molecule has 43 valence electrons. The van der Waals surface area contributed by atoms with Gasteiger partial charge in [0.05, 0.1) is 0 Å². The van der Waals surface area contributed by atoms with Crippen LogP contribution in [0.2, 0.25) is 0 Å². The zero-order chi connectivity index (χ0) is 4.99.